The minimum absolute atomic E-state index is 0.00885. The van der Waals surface area contributed by atoms with Gasteiger partial charge in [-0.15, -0.1) is 0 Å². The average Bonchev–Trinajstić information content (AvgIpc) is 3.49. The largest absolute Gasteiger partial charge is 0.491 e. The van der Waals surface area contributed by atoms with Crippen molar-refractivity contribution in [1.82, 2.24) is 24.3 Å². The summed E-state index contributed by atoms with van der Waals surface area (Å²) in [5.41, 5.74) is 4.81. The van der Waals surface area contributed by atoms with E-state index in [1.165, 1.54) is 17.3 Å². The Kier molecular flexibility index (Phi) is 6.66. The molecule has 3 heterocycles. The molecule has 1 amide bonds. The highest BCUT2D eigenvalue weighted by Gasteiger charge is 2.53. The number of nitrogens with one attached hydrogen (secondary N) is 1. The van der Waals surface area contributed by atoms with Crippen LogP contribution in [0.2, 0.25) is 0 Å². The lowest BCUT2D eigenvalue weighted by Gasteiger charge is -2.40. The molecule has 1 saturated carbocycles. The molecule has 1 aliphatic heterocycles. The first-order valence-electron chi connectivity index (χ1n) is 12.9. The number of ether oxygens (including phenoxy) is 1. The molecular formula is C28H35FN6O2. The number of halogens is 1. The van der Waals surface area contributed by atoms with Gasteiger partial charge in [0, 0.05) is 49.6 Å². The molecule has 1 aliphatic carbocycles. The summed E-state index contributed by atoms with van der Waals surface area (Å²) in [6.45, 7) is 6.14. The molecular weight excluding hydrogens is 471 g/mol. The van der Waals surface area contributed by atoms with Gasteiger partial charge in [0.1, 0.15) is 0 Å². The van der Waals surface area contributed by atoms with Crippen molar-refractivity contribution in [2.75, 3.05) is 39.6 Å². The second-order valence-electron chi connectivity index (χ2n) is 10.4. The van der Waals surface area contributed by atoms with Crippen LogP contribution in [0.25, 0.3) is 0 Å². The number of carbonyl (C=O) groups excluding carboxylic acids is 1. The number of aromatic nitrogens is 3. The highest BCUT2D eigenvalue weighted by atomic mass is 19.1. The van der Waals surface area contributed by atoms with E-state index in [1.807, 2.05) is 36.6 Å². The topological polar surface area (TPSA) is 75.5 Å². The van der Waals surface area contributed by atoms with E-state index in [2.05, 4.69) is 46.4 Å². The summed E-state index contributed by atoms with van der Waals surface area (Å²) in [4.78, 5) is 26.8. The smallest absolute Gasteiger partial charge is 0.254 e. The maximum atomic E-state index is 14.2. The minimum atomic E-state index is -0.495. The number of pyridine rings is 1. The fourth-order valence-electron chi connectivity index (χ4n) is 5.57. The first-order valence-corrected chi connectivity index (χ1v) is 12.9. The predicted molar refractivity (Wildman–Crippen MR) is 140 cm³/mol. The molecule has 37 heavy (non-hydrogen) atoms. The molecule has 2 aromatic heterocycles. The first kappa shape index (κ1) is 25.2. The molecule has 3 aromatic rings. The number of imidazole rings is 1. The molecule has 0 saturated heterocycles. The van der Waals surface area contributed by atoms with Gasteiger partial charge in [-0.1, -0.05) is 6.07 Å². The molecule has 0 radical (unpaired) electrons. The fourth-order valence-corrected chi connectivity index (χ4v) is 5.57. The van der Waals surface area contributed by atoms with Crippen molar-refractivity contribution < 1.29 is 13.9 Å². The van der Waals surface area contributed by atoms with Gasteiger partial charge in [0.25, 0.3) is 5.91 Å². The zero-order valence-electron chi connectivity index (χ0n) is 22.2. The van der Waals surface area contributed by atoms with Crippen LogP contribution in [0.5, 0.6) is 5.75 Å². The number of benzene rings is 1. The summed E-state index contributed by atoms with van der Waals surface area (Å²) in [6, 6.07) is 5.61. The van der Waals surface area contributed by atoms with Crippen LogP contribution in [-0.2, 0) is 18.5 Å². The lowest BCUT2D eigenvalue weighted by molar-refractivity contribution is 0.0633. The monoisotopic (exact) mass is 506 g/mol. The summed E-state index contributed by atoms with van der Waals surface area (Å²) in [5.74, 6) is 0.441. The van der Waals surface area contributed by atoms with Gasteiger partial charge in [-0.2, -0.15) is 0 Å². The summed E-state index contributed by atoms with van der Waals surface area (Å²) in [5, 5.41) is 3.12. The number of nitrogens with zero attached hydrogens (tertiary/aromatic N) is 5. The molecule has 5 rings (SSSR count). The molecule has 2 aliphatic rings. The van der Waals surface area contributed by atoms with E-state index in [4.69, 9.17) is 4.74 Å². The predicted octanol–water partition coefficient (Wildman–Crippen LogP) is 4.22. The molecule has 1 aromatic carbocycles. The number of fused-ring (bicyclic) bond motifs is 2. The van der Waals surface area contributed by atoms with Crippen molar-refractivity contribution in [3.8, 4) is 5.75 Å². The molecule has 1 fully saturated rings. The van der Waals surface area contributed by atoms with E-state index in [9.17, 15) is 9.18 Å². The number of hydrogen-bond donors (Lipinski definition) is 1. The summed E-state index contributed by atoms with van der Waals surface area (Å²) in [6.07, 6.45) is 6.98. The van der Waals surface area contributed by atoms with Crippen molar-refractivity contribution in [1.29, 1.82) is 0 Å². The van der Waals surface area contributed by atoms with Crippen LogP contribution in [-0.4, -0.2) is 64.5 Å². The van der Waals surface area contributed by atoms with Gasteiger partial charge in [-0.3, -0.25) is 9.78 Å². The zero-order valence-corrected chi connectivity index (χ0v) is 22.2. The summed E-state index contributed by atoms with van der Waals surface area (Å²) < 4.78 is 21.7. The van der Waals surface area contributed by atoms with Crippen molar-refractivity contribution in [2.45, 2.75) is 51.2 Å². The van der Waals surface area contributed by atoms with Crippen molar-refractivity contribution in [3.05, 3.63) is 70.6 Å². The van der Waals surface area contributed by atoms with Gasteiger partial charge in [0.05, 0.1) is 31.1 Å². The molecule has 1 N–H and O–H groups in total. The molecule has 9 heteroatoms. The number of hydrogen-bond acceptors (Lipinski definition) is 6. The SMILES string of the molecule is CCOc1cc([C@@H](C)N2CC3(CC3)c3c(CN(C)C)cc(Cn4ccnc4NC)cc3C2=O)ncc1F. The van der Waals surface area contributed by atoms with Crippen LogP contribution in [0.4, 0.5) is 10.3 Å². The lowest BCUT2D eigenvalue weighted by atomic mass is 9.81. The third kappa shape index (κ3) is 4.68. The zero-order chi connectivity index (χ0) is 26.3. The average molecular weight is 507 g/mol. The third-order valence-electron chi connectivity index (χ3n) is 7.44. The Morgan fingerprint density at radius 1 is 1.24 bits per heavy atom. The van der Waals surface area contributed by atoms with Gasteiger partial charge >= 0.3 is 0 Å². The van der Waals surface area contributed by atoms with Gasteiger partial charge in [0.15, 0.2) is 11.6 Å². The maximum absolute atomic E-state index is 14.2. The van der Waals surface area contributed by atoms with E-state index >= 15 is 0 Å². The number of anilines is 1. The van der Waals surface area contributed by atoms with Crippen LogP contribution in [0.1, 0.15) is 65.5 Å². The fraction of sp³-hybridized carbons (Fsp3) is 0.464. The minimum Gasteiger partial charge on any atom is -0.491 e. The Morgan fingerprint density at radius 2 is 2.03 bits per heavy atom. The summed E-state index contributed by atoms with van der Waals surface area (Å²) >= 11 is 0. The summed E-state index contributed by atoms with van der Waals surface area (Å²) in [7, 11) is 5.97. The van der Waals surface area contributed by atoms with Gasteiger partial charge < -0.3 is 24.4 Å². The Balaban J connectivity index is 1.55. The molecule has 1 spiro atoms. The molecule has 0 bridgehead atoms. The van der Waals surface area contributed by atoms with Crippen LogP contribution < -0.4 is 10.1 Å². The highest BCUT2D eigenvalue weighted by Crippen LogP contribution is 2.55. The normalized spacial score (nSPS) is 16.7. The third-order valence-corrected chi connectivity index (χ3v) is 7.44. The second kappa shape index (κ2) is 9.78. The van der Waals surface area contributed by atoms with E-state index in [1.54, 1.807) is 12.3 Å². The maximum Gasteiger partial charge on any atom is 0.254 e. The number of amides is 1. The first-order chi connectivity index (χ1) is 17.8. The van der Waals surface area contributed by atoms with Gasteiger partial charge in [0.2, 0.25) is 5.95 Å². The quantitative estimate of drug-likeness (QED) is 0.469. The second-order valence-corrected chi connectivity index (χ2v) is 10.4. The van der Waals surface area contributed by atoms with E-state index < -0.39 is 5.82 Å². The van der Waals surface area contributed by atoms with Crippen molar-refractivity contribution in [2.24, 2.45) is 0 Å². The Hall–Kier alpha value is -3.46. The number of carbonyl (C=O) groups is 1. The molecule has 1 atom stereocenters. The highest BCUT2D eigenvalue weighted by molar-refractivity contribution is 5.98. The van der Waals surface area contributed by atoms with Crippen LogP contribution in [0, 0.1) is 5.82 Å². The molecule has 8 nitrogen and oxygen atoms in total. The van der Waals surface area contributed by atoms with Crippen molar-refractivity contribution >= 4 is 11.9 Å². The van der Waals surface area contributed by atoms with Gasteiger partial charge in [-0.05, 0) is 63.5 Å². The Labute approximate surface area is 217 Å². The van der Waals surface area contributed by atoms with Gasteiger partial charge in [-0.25, -0.2) is 9.37 Å². The Morgan fingerprint density at radius 3 is 2.70 bits per heavy atom. The molecule has 196 valence electrons. The standard InChI is InChI=1S/C28H35FN6O2/c1-6-37-24-13-23(32-14-22(24)29)18(2)35-17-28(7-8-28)25-20(16-33(4)5)11-19(12-21(25)26(35)36)15-34-10-9-31-27(34)30-3/h9-14,18H,6-8,15-17H2,1-5H3,(H,30,31)/t18-/m1/s1. The van der Waals surface area contributed by atoms with Crippen LogP contribution in [0.3, 0.4) is 0 Å². The van der Waals surface area contributed by atoms with E-state index in [-0.39, 0.29) is 23.1 Å². The van der Waals surface area contributed by atoms with E-state index in [0.29, 0.717) is 25.4 Å². The van der Waals surface area contributed by atoms with Crippen LogP contribution in [0.15, 0.2) is 36.8 Å². The lowest BCUT2D eigenvalue weighted by Crippen LogP contribution is -2.45. The van der Waals surface area contributed by atoms with Crippen molar-refractivity contribution in [3.63, 3.8) is 0 Å². The van der Waals surface area contributed by atoms with E-state index in [0.717, 1.165) is 36.5 Å². The molecule has 0 unspecified atom stereocenters. The van der Waals surface area contributed by atoms with Crippen LogP contribution >= 0.6 is 0 Å². The Bertz CT molecular complexity index is 1320. The number of rotatable bonds is 9.